The van der Waals surface area contributed by atoms with E-state index >= 15 is 0 Å². The van der Waals surface area contributed by atoms with Crippen molar-refractivity contribution in [2.75, 3.05) is 27.2 Å². The summed E-state index contributed by atoms with van der Waals surface area (Å²) in [7, 11) is 4.25. The van der Waals surface area contributed by atoms with Gasteiger partial charge in [0.05, 0.1) is 0 Å². The van der Waals surface area contributed by atoms with Crippen LogP contribution in [0.3, 0.4) is 0 Å². The normalized spacial score (nSPS) is 12.5. The number of halogens is 1. The highest BCUT2D eigenvalue weighted by Crippen LogP contribution is 2.26. The van der Waals surface area contributed by atoms with Gasteiger partial charge < -0.3 is 15.3 Å². The second-order valence-electron chi connectivity index (χ2n) is 17.4. The topological polar surface area (TPSA) is 69.6 Å². The smallest absolute Gasteiger partial charge is 0.338 e. The molecule has 6 heteroatoms. The van der Waals surface area contributed by atoms with E-state index in [2.05, 4.69) is 52.0 Å². The number of alkyl halides is 1. The van der Waals surface area contributed by atoms with Crippen LogP contribution in [0.4, 0.5) is 4.39 Å². The molecule has 0 aliphatic heterocycles. The Labute approximate surface area is 344 Å². The summed E-state index contributed by atoms with van der Waals surface area (Å²) < 4.78 is 12.8. The second kappa shape index (κ2) is 45.5. The van der Waals surface area contributed by atoms with Gasteiger partial charge in [-0.25, -0.2) is 9.18 Å². The third kappa shape index (κ3) is 43.8. The maximum Gasteiger partial charge on any atom is 0.338 e. The van der Waals surface area contributed by atoms with Gasteiger partial charge in [0.15, 0.2) is 6.17 Å². The molecule has 0 aliphatic rings. The highest BCUT2D eigenvalue weighted by atomic mass is 19.1. The summed E-state index contributed by atoms with van der Waals surface area (Å²) in [6.45, 7) is 11.0. The lowest BCUT2D eigenvalue weighted by molar-refractivity contribution is -0.143. The number of carboxylic acid groups (broad SMARTS) is 1. The summed E-state index contributed by atoms with van der Waals surface area (Å²) in [6, 6.07) is 0. The number of nitrogens with zero attached hydrogens (tertiary/aromatic N) is 1. The van der Waals surface area contributed by atoms with Gasteiger partial charge in [-0.15, -0.1) is 0 Å². The number of carbonyl (C=O) groups excluding carboxylic acids is 1. The molecule has 0 saturated carbocycles. The standard InChI is InChI=1S/C31H64N2O.C18H35FO2/c1-6-9-12-15-16-17-18-21-27-32-31(34)30(26-28-33(4)5)25-24-29(22-19-13-10-7-2)23-20-14-11-8-3;1-2-3-4-5-6-7-8-9-10-11-12-13-14-15-16-17(19)18(20)21/h29-30H,6-28H2,1-5H3,(H,32,34);17H,2-16H2,1H3,(H,20,21). The van der Waals surface area contributed by atoms with Gasteiger partial charge in [0.2, 0.25) is 5.91 Å². The number of nitrogens with one attached hydrogen (secondary N) is 1. The van der Waals surface area contributed by atoms with Crippen LogP contribution in [-0.4, -0.2) is 55.2 Å². The molecular weight excluding hydrogens is 684 g/mol. The van der Waals surface area contributed by atoms with Crippen LogP contribution >= 0.6 is 0 Å². The van der Waals surface area contributed by atoms with Crippen molar-refractivity contribution in [2.45, 2.75) is 265 Å². The van der Waals surface area contributed by atoms with Gasteiger partial charge in [-0.2, -0.15) is 0 Å². The van der Waals surface area contributed by atoms with Crippen molar-refractivity contribution in [2.24, 2.45) is 11.8 Å². The maximum absolute atomic E-state index is 13.0. The molecule has 330 valence electrons. The van der Waals surface area contributed by atoms with Crippen molar-refractivity contribution in [3.63, 3.8) is 0 Å². The molecule has 0 radical (unpaired) electrons. The molecule has 0 aromatic heterocycles. The first kappa shape index (κ1) is 55.9. The van der Waals surface area contributed by atoms with E-state index in [1.165, 1.54) is 186 Å². The van der Waals surface area contributed by atoms with E-state index < -0.39 is 12.1 Å². The molecule has 0 saturated heterocycles. The Hall–Kier alpha value is -1.17. The van der Waals surface area contributed by atoms with E-state index in [4.69, 9.17) is 5.11 Å². The fourth-order valence-corrected chi connectivity index (χ4v) is 7.67. The largest absolute Gasteiger partial charge is 0.479 e. The van der Waals surface area contributed by atoms with Crippen molar-refractivity contribution >= 4 is 11.9 Å². The molecule has 2 atom stereocenters. The monoisotopic (exact) mass is 783 g/mol. The third-order valence-corrected chi connectivity index (χ3v) is 11.6. The van der Waals surface area contributed by atoms with Crippen molar-refractivity contribution in [1.82, 2.24) is 10.2 Å². The Kier molecular flexibility index (Phi) is 46.3. The number of amides is 1. The van der Waals surface area contributed by atoms with Gasteiger partial charge in [0.25, 0.3) is 0 Å². The lowest BCUT2D eigenvalue weighted by atomic mass is 9.86. The minimum absolute atomic E-state index is 0.174. The van der Waals surface area contributed by atoms with E-state index in [-0.39, 0.29) is 12.3 Å². The fraction of sp³-hybridized carbons (Fsp3) is 0.959. The average Bonchev–Trinajstić information content (AvgIpc) is 3.17. The molecule has 1 amide bonds. The van der Waals surface area contributed by atoms with Crippen LogP contribution in [0.1, 0.15) is 259 Å². The number of unbranched alkanes of at least 4 members (excludes halogenated alkanes) is 26. The van der Waals surface area contributed by atoms with Crippen LogP contribution in [0.2, 0.25) is 0 Å². The Morgan fingerprint density at radius 3 is 1.20 bits per heavy atom. The number of carboxylic acids is 1. The lowest BCUT2D eigenvalue weighted by Crippen LogP contribution is -2.33. The first-order valence-electron chi connectivity index (χ1n) is 24.5. The highest BCUT2D eigenvalue weighted by Gasteiger charge is 2.20. The first-order valence-corrected chi connectivity index (χ1v) is 24.5. The van der Waals surface area contributed by atoms with Gasteiger partial charge in [-0.3, -0.25) is 4.79 Å². The van der Waals surface area contributed by atoms with Crippen LogP contribution in [-0.2, 0) is 9.59 Å². The van der Waals surface area contributed by atoms with E-state index in [0.29, 0.717) is 12.3 Å². The molecular formula is C49H99FN2O3. The van der Waals surface area contributed by atoms with Crippen LogP contribution in [0.5, 0.6) is 0 Å². The Bertz CT molecular complexity index is 767. The van der Waals surface area contributed by atoms with Crippen molar-refractivity contribution in [3.8, 4) is 0 Å². The van der Waals surface area contributed by atoms with Crippen LogP contribution in [0, 0.1) is 11.8 Å². The number of hydrogen-bond donors (Lipinski definition) is 2. The summed E-state index contributed by atoms with van der Waals surface area (Å²) in [5.74, 6) is 0.00603. The van der Waals surface area contributed by atoms with Crippen molar-refractivity contribution in [3.05, 3.63) is 0 Å². The molecule has 2 unspecified atom stereocenters. The van der Waals surface area contributed by atoms with Gasteiger partial charge in [-0.1, -0.05) is 220 Å². The second-order valence-corrected chi connectivity index (χ2v) is 17.4. The molecule has 0 aromatic carbocycles. The molecule has 0 aliphatic carbocycles. The van der Waals surface area contributed by atoms with E-state index in [0.717, 1.165) is 51.1 Å². The summed E-state index contributed by atoms with van der Waals surface area (Å²) in [5, 5.41) is 11.7. The van der Waals surface area contributed by atoms with Gasteiger partial charge in [0, 0.05) is 12.5 Å². The SMILES string of the molecule is CCCCCCCCCCCCCCCCC(F)C(=O)O.CCCCCCCCCCNC(=O)C(CCC(CCCCCC)CCCCCC)CCN(C)C. The minimum atomic E-state index is -1.66. The van der Waals surface area contributed by atoms with Crippen LogP contribution < -0.4 is 5.32 Å². The molecule has 0 aromatic rings. The van der Waals surface area contributed by atoms with Gasteiger partial charge >= 0.3 is 5.97 Å². The molecule has 0 fully saturated rings. The molecule has 0 bridgehead atoms. The van der Waals surface area contributed by atoms with Crippen LogP contribution in [0.25, 0.3) is 0 Å². The zero-order chi connectivity index (χ0) is 41.0. The molecule has 0 heterocycles. The predicted octanol–water partition coefficient (Wildman–Crippen LogP) is 15.4. The highest BCUT2D eigenvalue weighted by molar-refractivity contribution is 5.78. The third-order valence-electron chi connectivity index (χ3n) is 11.6. The van der Waals surface area contributed by atoms with E-state index in [9.17, 15) is 14.0 Å². The number of rotatable bonds is 42. The molecule has 2 N–H and O–H groups in total. The summed E-state index contributed by atoms with van der Waals surface area (Å²) in [5.41, 5.74) is 0. The van der Waals surface area contributed by atoms with Gasteiger partial charge in [-0.05, 0) is 65.1 Å². The molecule has 0 rings (SSSR count). The fourth-order valence-electron chi connectivity index (χ4n) is 7.67. The lowest BCUT2D eigenvalue weighted by Gasteiger charge is -2.23. The zero-order valence-electron chi connectivity index (χ0n) is 38.2. The van der Waals surface area contributed by atoms with Gasteiger partial charge in [0.1, 0.15) is 0 Å². The Morgan fingerprint density at radius 1 is 0.473 bits per heavy atom. The van der Waals surface area contributed by atoms with Crippen LogP contribution in [0.15, 0.2) is 0 Å². The minimum Gasteiger partial charge on any atom is -0.479 e. The summed E-state index contributed by atoms with van der Waals surface area (Å²) >= 11 is 0. The molecule has 0 spiro atoms. The van der Waals surface area contributed by atoms with E-state index in [1.54, 1.807) is 0 Å². The van der Waals surface area contributed by atoms with Crippen molar-refractivity contribution < 1.29 is 19.1 Å². The number of hydrogen-bond acceptors (Lipinski definition) is 3. The quantitative estimate of drug-likeness (QED) is 0.0605. The maximum atomic E-state index is 13.0. The number of carbonyl (C=O) groups is 2. The Morgan fingerprint density at radius 2 is 0.818 bits per heavy atom. The molecule has 5 nitrogen and oxygen atoms in total. The predicted molar refractivity (Wildman–Crippen MR) is 240 cm³/mol. The average molecular weight is 783 g/mol. The van der Waals surface area contributed by atoms with E-state index in [1.807, 2.05) is 0 Å². The van der Waals surface area contributed by atoms with Crippen molar-refractivity contribution in [1.29, 1.82) is 0 Å². The Balaban J connectivity index is 0. The zero-order valence-corrected chi connectivity index (χ0v) is 38.2. The number of aliphatic carboxylic acids is 1. The summed E-state index contributed by atoms with van der Waals surface area (Å²) in [6.07, 6.45) is 43.5. The first-order chi connectivity index (χ1) is 26.7. The summed E-state index contributed by atoms with van der Waals surface area (Å²) in [4.78, 5) is 25.6. The molecule has 55 heavy (non-hydrogen) atoms.